The zero-order valence-corrected chi connectivity index (χ0v) is 53.1. The molecule has 0 saturated carbocycles. The summed E-state index contributed by atoms with van der Waals surface area (Å²) in [5.74, 6) is 0. The summed E-state index contributed by atoms with van der Waals surface area (Å²) in [7, 11) is 0. The largest absolute Gasteiger partial charge is 0.299 e. The van der Waals surface area contributed by atoms with Crippen LogP contribution in [0.25, 0.3) is 45.0 Å². The Morgan fingerprint density at radius 2 is 0.640 bits per heavy atom. The van der Waals surface area contributed by atoms with E-state index in [0.717, 1.165) is 54.6 Å². The van der Waals surface area contributed by atoms with Crippen LogP contribution < -0.4 is 0 Å². The Hall–Kier alpha value is -6.82. The molecule has 0 spiro atoms. The quantitative estimate of drug-likeness (QED) is 0.118. The minimum absolute atomic E-state index is 0.986. The number of pyridine rings is 6. The first-order chi connectivity index (χ1) is 42.2. The van der Waals surface area contributed by atoms with Gasteiger partial charge >= 0.3 is 0 Å². The molecule has 86 heavy (non-hydrogen) atoms. The topological polar surface area (TPSA) is 90.3 Å². The minimum atomic E-state index is 0.986. The number of nitrogens with zero attached hydrogens (tertiary/aromatic N) is 10. The summed E-state index contributed by atoms with van der Waals surface area (Å²) in [6, 6.07) is 35.8. The Morgan fingerprint density at radius 1 is 0.279 bits per heavy atom. The predicted molar refractivity (Wildman–Crippen MR) is 358 cm³/mol. The molecule has 10 heterocycles. The fourth-order valence-corrected chi connectivity index (χ4v) is 13.1. The van der Waals surface area contributed by atoms with Crippen molar-refractivity contribution in [3.63, 3.8) is 0 Å². The van der Waals surface area contributed by atoms with Gasteiger partial charge in [0.1, 0.15) is 0 Å². The molecule has 10 heteroatoms. The van der Waals surface area contributed by atoms with Crippen LogP contribution in [-0.4, -0.2) is 102 Å². The van der Waals surface area contributed by atoms with Gasteiger partial charge in [-0.15, -0.1) is 0 Å². The van der Waals surface area contributed by atoms with Crippen LogP contribution in [0.4, 0.5) is 0 Å². The van der Waals surface area contributed by atoms with Gasteiger partial charge in [-0.2, -0.15) is 0 Å². The van der Waals surface area contributed by atoms with Gasteiger partial charge in [-0.05, 0) is 244 Å². The van der Waals surface area contributed by atoms with Gasteiger partial charge in [0.2, 0.25) is 0 Å². The van der Waals surface area contributed by atoms with Gasteiger partial charge in [-0.25, -0.2) is 0 Å². The Labute approximate surface area is 517 Å². The Kier molecular flexibility index (Phi) is 25.1. The molecule has 452 valence electrons. The molecule has 0 N–H and O–H groups in total. The van der Waals surface area contributed by atoms with E-state index in [1.165, 1.54) is 227 Å². The molecule has 8 aromatic rings. The smallest absolute Gasteiger partial charge is 0.0709 e. The summed E-state index contributed by atoms with van der Waals surface area (Å²) in [5.41, 5.74) is 22.6. The first kappa shape index (κ1) is 63.7. The van der Waals surface area contributed by atoms with Gasteiger partial charge in [-0.1, -0.05) is 106 Å². The third kappa shape index (κ3) is 18.6. The number of aromatic nitrogens is 6. The van der Waals surface area contributed by atoms with Gasteiger partial charge in [0.05, 0.1) is 22.8 Å². The lowest BCUT2D eigenvalue weighted by Crippen LogP contribution is -2.24. The summed E-state index contributed by atoms with van der Waals surface area (Å²) >= 11 is 0. The van der Waals surface area contributed by atoms with Crippen molar-refractivity contribution in [2.75, 3.05) is 52.4 Å². The summed E-state index contributed by atoms with van der Waals surface area (Å²) < 4.78 is 0. The maximum absolute atomic E-state index is 4.60. The van der Waals surface area contributed by atoms with Crippen molar-refractivity contribution in [1.82, 2.24) is 49.5 Å². The molecular formula is C76H98N10. The first-order valence-electron chi connectivity index (χ1n) is 32.8. The van der Waals surface area contributed by atoms with E-state index in [4.69, 9.17) is 0 Å². The predicted octanol–water partition coefficient (Wildman–Crippen LogP) is 17.1. The van der Waals surface area contributed by atoms with Crippen molar-refractivity contribution in [2.24, 2.45) is 0 Å². The van der Waals surface area contributed by atoms with Crippen LogP contribution in [0.5, 0.6) is 0 Å². The second-order valence-electron chi connectivity index (χ2n) is 24.6. The van der Waals surface area contributed by atoms with Crippen molar-refractivity contribution in [2.45, 2.75) is 170 Å². The number of likely N-dealkylation sites (tertiary alicyclic amines) is 4. The van der Waals surface area contributed by atoms with Gasteiger partial charge < -0.3 is 0 Å². The highest BCUT2D eigenvalue weighted by atomic mass is 15.1. The van der Waals surface area contributed by atoms with Gasteiger partial charge in [0.15, 0.2) is 0 Å². The maximum Gasteiger partial charge on any atom is 0.0709 e. The third-order valence-corrected chi connectivity index (χ3v) is 18.1. The SMILES string of the molecule is Cc1ccc(CN2CCCCCC2)c(-c2ccccn2)c1C.Cc1cccc(CN2CCCCCC2)c1-c1ccccn1.Cc1cncc(CN2CCCCCC2)c1-c1ccccn1.Cc1ncc(CN2CCCCCC2)c(-c2ccccn2)c1C. The molecule has 4 fully saturated rings. The third-order valence-electron chi connectivity index (χ3n) is 18.1. The standard InChI is InChI=1S/C20H26N2.C19H25N3.C19H24N2.C18H23N3/c1-16-10-11-18(15-22-13-7-3-4-8-14-22)20(17(16)2)19-9-5-6-12-21-19;1-15-16(2)21-13-17(14-22-11-7-3-4-8-12-22)19(15)18-9-5-6-10-20-18;1-16-9-8-10-17(15-21-13-6-2-3-7-14-21)19(16)18-11-4-5-12-20-18;1-15-12-19-13-16(14-21-10-6-2-3-7-11-21)18(15)17-8-4-5-9-20-17/h5-6,9-12H,3-4,7-8,13-15H2,1-2H3;5-6,9-10,13H,3-4,7-8,11-12,14H2,1-2H3;4-5,8-12H,2-3,6-7,13-15H2,1H3;4-5,8-9,12-13H,2-3,6-7,10-11,14H2,1H3. The van der Waals surface area contributed by atoms with Crippen molar-refractivity contribution >= 4 is 0 Å². The molecule has 0 atom stereocenters. The second-order valence-corrected chi connectivity index (χ2v) is 24.6. The lowest BCUT2D eigenvalue weighted by atomic mass is 9.94. The van der Waals surface area contributed by atoms with E-state index >= 15 is 0 Å². The zero-order valence-electron chi connectivity index (χ0n) is 53.1. The molecule has 12 rings (SSSR count). The molecule has 0 unspecified atom stereocenters. The van der Waals surface area contributed by atoms with Crippen LogP contribution in [0, 0.1) is 41.5 Å². The maximum atomic E-state index is 4.60. The highest BCUT2D eigenvalue weighted by Crippen LogP contribution is 2.33. The fraction of sp³-hybridized carbons (Fsp3) is 0.447. The van der Waals surface area contributed by atoms with Crippen LogP contribution in [0.2, 0.25) is 0 Å². The van der Waals surface area contributed by atoms with Crippen molar-refractivity contribution in [3.8, 4) is 45.0 Å². The molecule has 2 aromatic carbocycles. The van der Waals surface area contributed by atoms with E-state index in [2.05, 4.69) is 176 Å². The number of benzene rings is 2. The molecule has 10 nitrogen and oxygen atoms in total. The molecule has 0 amide bonds. The van der Waals surface area contributed by atoms with Crippen LogP contribution >= 0.6 is 0 Å². The molecule has 4 aliphatic rings. The van der Waals surface area contributed by atoms with Crippen LogP contribution in [0.15, 0.2) is 147 Å². The van der Waals surface area contributed by atoms with E-state index in [0.29, 0.717) is 0 Å². The molecule has 6 aromatic heterocycles. The van der Waals surface area contributed by atoms with Gasteiger partial charge in [-0.3, -0.25) is 49.5 Å². The van der Waals surface area contributed by atoms with Crippen molar-refractivity contribution < 1.29 is 0 Å². The highest BCUT2D eigenvalue weighted by Gasteiger charge is 2.20. The summed E-state index contributed by atoms with van der Waals surface area (Å²) in [6.45, 7) is 26.8. The average Bonchev–Trinajstić information content (AvgIpc) is 3.27. The Balaban J connectivity index is 0.000000137. The summed E-state index contributed by atoms with van der Waals surface area (Å²) in [6.07, 6.45) is 35.2. The average molecular weight is 1150 g/mol. The van der Waals surface area contributed by atoms with Crippen molar-refractivity contribution in [1.29, 1.82) is 0 Å². The molecule has 0 radical (unpaired) electrons. The van der Waals surface area contributed by atoms with Gasteiger partial charge in [0.25, 0.3) is 0 Å². The van der Waals surface area contributed by atoms with Crippen LogP contribution in [0.3, 0.4) is 0 Å². The number of aryl methyl sites for hydroxylation is 4. The van der Waals surface area contributed by atoms with E-state index in [-0.39, 0.29) is 0 Å². The van der Waals surface area contributed by atoms with E-state index in [9.17, 15) is 0 Å². The molecule has 0 bridgehead atoms. The number of hydrogen-bond donors (Lipinski definition) is 0. The minimum Gasteiger partial charge on any atom is -0.299 e. The molecule has 0 aliphatic carbocycles. The first-order valence-corrected chi connectivity index (χ1v) is 32.8. The summed E-state index contributed by atoms with van der Waals surface area (Å²) in [5, 5.41) is 0. The van der Waals surface area contributed by atoms with Gasteiger partial charge in [0, 0.05) is 97.5 Å². The molecular weight excluding hydrogens is 1050 g/mol. The normalized spacial score (nSPS) is 16.5. The highest BCUT2D eigenvalue weighted by molar-refractivity contribution is 5.71. The van der Waals surface area contributed by atoms with E-state index < -0.39 is 0 Å². The Bertz CT molecular complexity index is 3030. The Morgan fingerprint density at radius 3 is 1.05 bits per heavy atom. The fourth-order valence-electron chi connectivity index (χ4n) is 13.1. The monoisotopic (exact) mass is 1150 g/mol. The lowest BCUT2D eigenvalue weighted by Gasteiger charge is -2.23. The van der Waals surface area contributed by atoms with Crippen LogP contribution in [-0.2, 0) is 26.2 Å². The zero-order chi connectivity index (χ0) is 59.7. The van der Waals surface area contributed by atoms with E-state index in [1.54, 1.807) is 0 Å². The molecule has 4 aliphatic heterocycles. The van der Waals surface area contributed by atoms with Crippen LogP contribution in [0.1, 0.15) is 158 Å². The summed E-state index contributed by atoms with van der Waals surface area (Å²) in [4.78, 5) is 37.6. The number of rotatable bonds is 12. The lowest BCUT2D eigenvalue weighted by molar-refractivity contribution is 0.277. The second kappa shape index (κ2) is 33.9. The number of hydrogen-bond acceptors (Lipinski definition) is 10. The molecule has 4 saturated heterocycles. The van der Waals surface area contributed by atoms with E-state index in [1.807, 2.05) is 61.4 Å². The van der Waals surface area contributed by atoms with Crippen molar-refractivity contribution in [3.05, 3.63) is 202 Å².